The second-order valence-corrected chi connectivity index (χ2v) is 5.53. The number of amides is 2. The normalized spacial score (nSPS) is 10.5. The van der Waals surface area contributed by atoms with Crippen LogP contribution in [0.3, 0.4) is 0 Å². The molecule has 0 aliphatic rings. The predicted molar refractivity (Wildman–Crippen MR) is 90.8 cm³/mol. The van der Waals surface area contributed by atoms with Crippen molar-refractivity contribution < 1.29 is 19.2 Å². The van der Waals surface area contributed by atoms with Gasteiger partial charge in [0, 0.05) is 17.7 Å². The van der Waals surface area contributed by atoms with E-state index in [2.05, 4.69) is 5.32 Å². The minimum absolute atomic E-state index is 0.210. The van der Waals surface area contributed by atoms with Gasteiger partial charge in [0.25, 0.3) is 11.8 Å². The van der Waals surface area contributed by atoms with Gasteiger partial charge in [-0.3, -0.25) is 14.8 Å². The predicted octanol–water partition coefficient (Wildman–Crippen LogP) is 3.03. The monoisotopic (exact) mass is 338 g/mol. The third-order valence-corrected chi connectivity index (χ3v) is 3.81. The van der Waals surface area contributed by atoms with Crippen LogP contribution in [0.25, 0.3) is 10.8 Å². The molecule has 5 nitrogen and oxygen atoms in total. The van der Waals surface area contributed by atoms with Crippen LogP contribution in [-0.2, 0) is 6.54 Å². The van der Waals surface area contributed by atoms with Crippen LogP contribution in [0.4, 0.5) is 4.39 Å². The molecular weight excluding hydrogens is 323 g/mol. The number of hydrogen-bond donors (Lipinski definition) is 3. The Balaban J connectivity index is 1.80. The SMILES string of the molecule is O=C(NO)c1ccc2ccc(C(=O)NCc3cccc(F)c3)cc2c1. The Bertz CT molecular complexity index is 956. The fourth-order valence-corrected chi connectivity index (χ4v) is 2.53. The van der Waals surface area contributed by atoms with Crippen LogP contribution in [0.15, 0.2) is 60.7 Å². The fraction of sp³-hybridized carbons (Fsp3) is 0.0526. The van der Waals surface area contributed by atoms with Crippen LogP contribution in [0.2, 0.25) is 0 Å². The zero-order valence-corrected chi connectivity index (χ0v) is 13.1. The molecule has 3 N–H and O–H groups in total. The van der Waals surface area contributed by atoms with Gasteiger partial charge < -0.3 is 5.32 Å². The second-order valence-electron chi connectivity index (χ2n) is 5.53. The van der Waals surface area contributed by atoms with E-state index in [4.69, 9.17) is 5.21 Å². The molecular formula is C19H15FN2O3. The lowest BCUT2D eigenvalue weighted by atomic mass is 10.0. The van der Waals surface area contributed by atoms with Gasteiger partial charge in [0.1, 0.15) is 5.82 Å². The summed E-state index contributed by atoms with van der Waals surface area (Å²) in [4.78, 5) is 23.8. The van der Waals surface area contributed by atoms with E-state index < -0.39 is 5.91 Å². The molecule has 3 aromatic carbocycles. The van der Waals surface area contributed by atoms with Crippen molar-refractivity contribution in [1.29, 1.82) is 0 Å². The fourth-order valence-electron chi connectivity index (χ4n) is 2.53. The molecule has 25 heavy (non-hydrogen) atoms. The molecule has 0 saturated carbocycles. The number of rotatable bonds is 4. The Hall–Kier alpha value is -3.25. The van der Waals surface area contributed by atoms with Crippen molar-refractivity contribution in [2.24, 2.45) is 0 Å². The standard InChI is InChI=1S/C19H15FN2O3/c20-17-3-1-2-12(8-17)11-21-18(23)14-6-4-13-5-7-15(19(24)22-25)10-16(13)9-14/h1-10,25H,11H2,(H,21,23)(H,22,24). The Kier molecular flexibility index (Phi) is 4.72. The van der Waals surface area contributed by atoms with Crippen molar-refractivity contribution in [2.45, 2.75) is 6.54 Å². The first-order valence-corrected chi connectivity index (χ1v) is 7.58. The number of fused-ring (bicyclic) bond motifs is 1. The van der Waals surface area contributed by atoms with E-state index in [9.17, 15) is 14.0 Å². The average molecular weight is 338 g/mol. The average Bonchev–Trinajstić information content (AvgIpc) is 2.64. The van der Waals surface area contributed by atoms with Crippen molar-refractivity contribution in [3.05, 3.63) is 83.2 Å². The van der Waals surface area contributed by atoms with Gasteiger partial charge in [-0.05, 0) is 52.7 Å². The Morgan fingerprint density at radius 1 is 0.880 bits per heavy atom. The molecule has 2 amide bonds. The molecule has 3 rings (SSSR count). The summed E-state index contributed by atoms with van der Waals surface area (Å²) in [6.45, 7) is 0.210. The van der Waals surface area contributed by atoms with E-state index in [1.54, 1.807) is 54.0 Å². The number of nitrogens with one attached hydrogen (secondary N) is 2. The number of benzene rings is 3. The number of carbonyl (C=O) groups excluding carboxylic acids is 2. The summed E-state index contributed by atoms with van der Waals surface area (Å²) in [6.07, 6.45) is 0. The maximum Gasteiger partial charge on any atom is 0.274 e. The molecule has 3 aromatic rings. The quantitative estimate of drug-likeness (QED) is 0.505. The molecule has 126 valence electrons. The summed E-state index contributed by atoms with van der Waals surface area (Å²) in [7, 11) is 0. The van der Waals surface area contributed by atoms with E-state index >= 15 is 0 Å². The van der Waals surface area contributed by atoms with E-state index in [1.165, 1.54) is 12.1 Å². The molecule has 0 aliphatic heterocycles. The smallest absolute Gasteiger partial charge is 0.274 e. The largest absolute Gasteiger partial charge is 0.348 e. The topological polar surface area (TPSA) is 78.4 Å². The summed E-state index contributed by atoms with van der Waals surface area (Å²) in [6, 6.07) is 16.0. The van der Waals surface area contributed by atoms with Gasteiger partial charge >= 0.3 is 0 Å². The van der Waals surface area contributed by atoms with Gasteiger partial charge in [-0.15, -0.1) is 0 Å². The third kappa shape index (κ3) is 3.81. The van der Waals surface area contributed by atoms with Crippen LogP contribution in [0.5, 0.6) is 0 Å². The minimum Gasteiger partial charge on any atom is -0.348 e. The molecule has 0 unspecified atom stereocenters. The molecule has 0 atom stereocenters. The molecule has 0 radical (unpaired) electrons. The highest BCUT2D eigenvalue weighted by molar-refractivity contribution is 6.01. The first-order valence-electron chi connectivity index (χ1n) is 7.58. The van der Waals surface area contributed by atoms with Crippen LogP contribution in [-0.4, -0.2) is 17.0 Å². The van der Waals surface area contributed by atoms with E-state index in [0.29, 0.717) is 16.5 Å². The zero-order chi connectivity index (χ0) is 17.8. The number of carbonyl (C=O) groups is 2. The Morgan fingerprint density at radius 3 is 2.20 bits per heavy atom. The highest BCUT2D eigenvalue weighted by atomic mass is 19.1. The molecule has 0 aromatic heterocycles. The minimum atomic E-state index is -0.622. The van der Waals surface area contributed by atoms with Crippen molar-refractivity contribution in [2.75, 3.05) is 0 Å². The number of halogens is 1. The van der Waals surface area contributed by atoms with E-state index in [-0.39, 0.29) is 23.8 Å². The van der Waals surface area contributed by atoms with Crippen molar-refractivity contribution in [1.82, 2.24) is 10.8 Å². The highest BCUT2D eigenvalue weighted by Crippen LogP contribution is 2.18. The lowest BCUT2D eigenvalue weighted by Gasteiger charge is -2.07. The number of hydroxylamine groups is 1. The number of hydrogen-bond acceptors (Lipinski definition) is 3. The summed E-state index contributed by atoms with van der Waals surface area (Å²) in [5.41, 5.74) is 2.95. The molecule has 0 aliphatic carbocycles. The summed E-state index contributed by atoms with van der Waals surface area (Å²) in [5.74, 6) is -1.28. The van der Waals surface area contributed by atoms with Crippen LogP contribution >= 0.6 is 0 Å². The molecule has 0 bridgehead atoms. The lowest BCUT2D eigenvalue weighted by molar-refractivity contribution is 0.0706. The molecule has 0 fully saturated rings. The second kappa shape index (κ2) is 7.11. The van der Waals surface area contributed by atoms with Crippen LogP contribution in [0, 0.1) is 5.82 Å². The Labute approximate surface area is 143 Å². The van der Waals surface area contributed by atoms with E-state index in [0.717, 1.165) is 5.39 Å². The van der Waals surface area contributed by atoms with Gasteiger partial charge in [-0.1, -0.05) is 24.3 Å². The summed E-state index contributed by atoms with van der Waals surface area (Å²) < 4.78 is 13.2. The first kappa shape index (κ1) is 16.6. The van der Waals surface area contributed by atoms with Crippen molar-refractivity contribution >= 4 is 22.6 Å². The molecule has 0 saturated heterocycles. The maximum atomic E-state index is 13.2. The molecule has 0 heterocycles. The van der Waals surface area contributed by atoms with E-state index in [1.807, 2.05) is 0 Å². The van der Waals surface area contributed by atoms with Gasteiger partial charge in [-0.25, -0.2) is 9.87 Å². The zero-order valence-electron chi connectivity index (χ0n) is 13.1. The first-order chi connectivity index (χ1) is 12.1. The third-order valence-electron chi connectivity index (χ3n) is 3.81. The molecule has 0 spiro atoms. The van der Waals surface area contributed by atoms with Crippen LogP contribution in [0.1, 0.15) is 26.3 Å². The van der Waals surface area contributed by atoms with Gasteiger partial charge in [0.15, 0.2) is 0 Å². The summed E-state index contributed by atoms with van der Waals surface area (Å²) in [5, 5.41) is 13.0. The maximum absolute atomic E-state index is 13.2. The Morgan fingerprint density at radius 2 is 1.56 bits per heavy atom. The summed E-state index contributed by atoms with van der Waals surface area (Å²) >= 11 is 0. The molecule has 6 heteroatoms. The van der Waals surface area contributed by atoms with Gasteiger partial charge in [0.05, 0.1) is 0 Å². The highest BCUT2D eigenvalue weighted by Gasteiger charge is 2.09. The van der Waals surface area contributed by atoms with Crippen molar-refractivity contribution in [3.63, 3.8) is 0 Å². The van der Waals surface area contributed by atoms with Gasteiger partial charge in [0.2, 0.25) is 0 Å². The van der Waals surface area contributed by atoms with Crippen molar-refractivity contribution in [3.8, 4) is 0 Å². The van der Waals surface area contributed by atoms with Gasteiger partial charge in [-0.2, -0.15) is 0 Å². The van der Waals surface area contributed by atoms with Crippen LogP contribution < -0.4 is 10.8 Å². The lowest BCUT2D eigenvalue weighted by Crippen LogP contribution is -2.22.